The monoisotopic (exact) mass is 344 g/mol. The maximum Gasteiger partial charge on any atom is 0.254 e. The molecular formula is C15H21FN2O4S. The molecule has 0 aromatic heterocycles. The van der Waals surface area contributed by atoms with Crippen molar-refractivity contribution in [3.05, 3.63) is 35.1 Å². The zero-order valence-corrected chi connectivity index (χ0v) is 14.2. The molecule has 0 unspecified atom stereocenters. The maximum atomic E-state index is 13.1. The van der Waals surface area contributed by atoms with E-state index in [4.69, 9.17) is 0 Å². The van der Waals surface area contributed by atoms with Crippen LogP contribution in [0.25, 0.3) is 0 Å². The van der Waals surface area contributed by atoms with Crippen LogP contribution in [0.2, 0.25) is 0 Å². The molecule has 0 spiro atoms. The number of carbonyl (C=O) groups excluding carboxylic acids is 1. The van der Waals surface area contributed by atoms with Crippen LogP contribution in [0.4, 0.5) is 4.39 Å². The third kappa shape index (κ3) is 3.88. The van der Waals surface area contributed by atoms with Gasteiger partial charge in [-0.2, -0.15) is 0 Å². The first-order valence-electron chi connectivity index (χ1n) is 7.25. The fourth-order valence-electron chi connectivity index (χ4n) is 2.64. The van der Waals surface area contributed by atoms with Gasteiger partial charge in [0.2, 0.25) is 10.0 Å². The zero-order valence-electron chi connectivity index (χ0n) is 13.4. The SMILES string of the molecule is Cc1cc(F)ccc1C(=O)N1C[C@@H](CS(=O)(=O)N(C)C)[C@H](O)C1. The smallest absolute Gasteiger partial charge is 0.254 e. The van der Waals surface area contributed by atoms with Gasteiger partial charge < -0.3 is 10.0 Å². The first kappa shape index (κ1) is 17.8. The van der Waals surface area contributed by atoms with Crippen molar-refractivity contribution in [2.45, 2.75) is 13.0 Å². The van der Waals surface area contributed by atoms with Crippen LogP contribution >= 0.6 is 0 Å². The van der Waals surface area contributed by atoms with Crippen LogP contribution < -0.4 is 0 Å². The van der Waals surface area contributed by atoms with Crippen LogP contribution in [0.5, 0.6) is 0 Å². The number of benzene rings is 1. The highest BCUT2D eigenvalue weighted by Crippen LogP contribution is 2.23. The number of β-amino-alcohol motifs (C(OH)–C–C–N with tert-alkyl or cyclic N) is 1. The predicted octanol–water partition coefficient (Wildman–Crippen LogP) is 0.458. The topological polar surface area (TPSA) is 77.9 Å². The summed E-state index contributed by atoms with van der Waals surface area (Å²) in [5.74, 6) is -1.50. The molecule has 2 atom stereocenters. The first-order chi connectivity index (χ1) is 10.6. The molecule has 0 radical (unpaired) electrons. The highest BCUT2D eigenvalue weighted by Gasteiger charge is 2.37. The van der Waals surface area contributed by atoms with E-state index in [9.17, 15) is 22.7 Å². The third-order valence-corrected chi connectivity index (χ3v) is 6.06. The van der Waals surface area contributed by atoms with E-state index in [1.165, 1.54) is 37.2 Å². The Balaban J connectivity index is 2.13. The summed E-state index contributed by atoms with van der Waals surface area (Å²) >= 11 is 0. The van der Waals surface area contributed by atoms with Gasteiger partial charge in [-0.1, -0.05) is 0 Å². The van der Waals surface area contributed by atoms with Gasteiger partial charge in [-0.25, -0.2) is 17.1 Å². The highest BCUT2D eigenvalue weighted by molar-refractivity contribution is 7.89. The van der Waals surface area contributed by atoms with Crippen molar-refractivity contribution in [2.24, 2.45) is 5.92 Å². The van der Waals surface area contributed by atoms with Gasteiger partial charge in [0.1, 0.15) is 5.82 Å². The summed E-state index contributed by atoms with van der Waals surface area (Å²) in [7, 11) is -0.592. The molecule has 23 heavy (non-hydrogen) atoms. The van der Waals surface area contributed by atoms with Crippen molar-refractivity contribution in [3.8, 4) is 0 Å². The molecular weight excluding hydrogens is 323 g/mol. The molecule has 1 aliphatic heterocycles. The Kier molecular flexibility index (Phi) is 5.07. The number of aliphatic hydroxyl groups is 1. The summed E-state index contributed by atoms with van der Waals surface area (Å²) < 4.78 is 38.1. The molecule has 128 valence electrons. The molecule has 1 amide bonds. The first-order valence-corrected chi connectivity index (χ1v) is 8.86. The Labute approximate surface area is 135 Å². The molecule has 8 heteroatoms. The van der Waals surface area contributed by atoms with Crippen LogP contribution in [0.3, 0.4) is 0 Å². The summed E-state index contributed by atoms with van der Waals surface area (Å²) in [6, 6.07) is 3.89. The van der Waals surface area contributed by atoms with E-state index in [0.717, 1.165) is 4.31 Å². The lowest BCUT2D eigenvalue weighted by molar-refractivity contribution is 0.0764. The fraction of sp³-hybridized carbons (Fsp3) is 0.533. The van der Waals surface area contributed by atoms with E-state index >= 15 is 0 Å². The van der Waals surface area contributed by atoms with E-state index in [-0.39, 0.29) is 24.7 Å². The summed E-state index contributed by atoms with van der Waals surface area (Å²) in [6.45, 7) is 1.87. The Morgan fingerprint density at radius 2 is 2.04 bits per heavy atom. The summed E-state index contributed by atoms with van der Waals surface area (Å²) in [4.78, 5) is 13.9. The third-order valence-electron chi connectivity index (χ3n) is 4.09. The molecule has 0 saturated carbocycles. The quantitative estimate of drug-likeness (QED) is 0.861. The lowest BCUT2D eigenvalue weighted by Crippen LogP contribution is -2.33. The molecule has 2 rings (SSSR count). The second kappa shape index (κ2) is 6.54. The minimum Gasteiger partial charge on any atom is -0.391 e. The van der Waals surface area contributed by atoms with E-state index in [1.807, 2.05) is 0 Å². The average molecular weight is 344 g/mol. The number of amides is 1. The second-order valence-electron chi connectivity index (χ2n) is 6.06. The minimum absolute atomic E-state index is 0.0727. The number of aryl methyl sites for hydroxylation is 1. The lowest BCUT2D eigenvalue weighted by Gasteiger charge is -2.18. The molecule has 0 aliphatic carbocycles. The summed E-state index contributed by atoms with van der Waals surface area (Å²) in [5.41, 5.74) is 0.864. The van der Waals surface area contributed by atoms with Crippen LogP contribution in [0, 0.1) is 18.7 Å². The molecule has 6 nitrogen and oxygen atoms in total. The van der Waals surface area contributed by atoms with Crippen molar-refractivity contribution in [1.29, 1.82) is 0 Å². The number of carbonyl (C=O) groups is 1. The van der Waals surface area contributed by atoms with Gasteiger partial charge in [-0.3, -0.25) is 4.79 Å². The molecule has 1 aromatic rings. The average Bonchev–Trinajstić information content (AvgIpc) is 2.78. The Morgan fingerprint density at radius 3 is 2.61 bits per heavy atom. The number of hydrogen-bond acceptors (Lipinski definition) is 4. The van der Waals surface area contributed by atoms with Crippen LogP contribution in [0.15, 0.2) is 18.2 Å². The van der Waals surface area contributed by atoms with E-state index in [2.05, 4.69) is 0 Å². The summed E-state index contributed by atoms with van der Waals surface area (Å²) in [5, 5.41) is 10.1. The standard InChI is InChI=1S/C15H21FN2O4S/c1-10-6-12(16)4-5-13(10)15(20)18-7-11(14(19)8-18)9-23(21,22)17(2)3/h4-6,11,14,19H,7-9H2,1-3H3/t11-,14+/m0/s1. The second-order valence-corrected chi connectivity index (χ2v) is 8.29. The molecule has 1 saturated heterocycles. The number of sulfonamides is 1. The Morgan fingerprint density at radius 1 is 1.39 bits per heavy atom. The molecule has 1 aromatic carbocycles. The van der Waals surface area contributed by atoms with Gasteiger partial charge in [-0.15, -0.1) is 0 Å². The maximum absolute atomic E-state index is 13.1. The number of likely N-dealkylation sites (tertiary alicyclic amines) is 1. The molecule has 0 bridgehead atoms. The number of rotatable bonds is 4. The summed E-state index contributed by atoms with van der Waals surface area (Å²) in [6.07, 6.45) is -0.894. The number of hydrogen-bond donors (Lipinski definition) is 1. The fourth-order valence-corrected chi connectivity index (χ4v) is 3.81. The van der Waals surface area contributed by atoms with Gasteiger partial charge in [0, 0.05) is 38.7 Å². The molecule has 1 aliphatic rings. The zero-order chi connectivity index (χ0) is 17.4. The Bertz CT molecular complexity index is 705. The van der Waals surface area contributed by atoms with Gasteiger partial charge in [0.15, 0.2) is 0 Å². The van der Waals surface area contributed by atoms with Crippen molar-refractivity contribution in [1.82, 2.24) is 9.21 Å². The van der Waals surface area contributed by atoms with Crippen molar-refractivity contribution in [3.63, 3.8) is 0 Å². The van der Waals surface area contributed by atoms with Crippen LogP contribution in [-0.4, -0.2) is 67.7 Å². The Hall–Kier alpha value is -1.51. The predicted molar refractivity (Wildman–Crippen MR) is 84.0 cm³/mol. The van der Waals surface area contributed by atoms with E-state index < -0.39 is 27.9 Å². The van der Waals surface area contributed by atoms with Crippen molar-refractivity contribution in [2.75, 3.05) is 32.9 Å². The van der Waals surface area contributed by atoms with Gasteiger partial charge in [0.25, 0.3) is 5.91 Å². The largest absolute Gasteiger partial charge is 0.391 e. The number of halogens is 1. The number of aliphatic hydroxyl groups excluding tert-OH is 1. The van der Waals surface area contributed by atoms with Crippen molar-refractivity contribution >= 4 is 15.9 Å². The highest BCUT2D eigenvalue weighted by atomic mass is 32.2. The van der Waals surface area contributed by atoms with Crippen molar-refractivity contribution < 1.29 is 22.7 Å². The molecule has 1 fully saturated rings. The van der Waals surface area contributed by atoms with E-state index in [0.29, 0.717) is 11.1 Å². The van der Waals surface area contributed by atoms with Gasteiger partial charge in [0.05, 0.1) is 11.9 Å². The van der Waals surface area contributed by atoms with Crippen LogP contribution in [0.1, 0.15) is 15.9 Å². The van der Waals surface area contributed by atoms with Gasteiger partial charge in [-0.05, 0) is 30.7 Å². The van der Waals surface area contributed by atoms with E-state index in [1.54, 1.807) is 6.92 Å². The minimum atomic E-state index is -3.46. The van der Waals surface area contributed by atoms with Gasteiger partial charge >= 0.3 is 0 Å². The molecule has 1 heterocycles. The molecule has 1 N–H and O–H groups in total. The lowest BCUT2D eigenvalue weighted by atomic mass is 10.1. The van der Waals surface area contributed by atoms with Crippen LogP contribution in [-0.2, 0) is 10.0 Å². The number of nitrogens with zero attached hydrogens (tertiary/aromatic N) is 2. The normalized spacial score (nSPS) is 21.9.